The molecular weight excluding hydrogens is 188 g/mol. The molecule has 0 unspecified atom stereocenters. The topological polar surface area (TPSA) is 44.1 Å². The number of nitriles is 1. The van der Waals surface area contributed by atoms with E-state index < -0.39 is 0 Å². The lowest BCUT2D eigenvalue weighted by Gasteiger charge is -2.14. The average molecular weight is 200 g/mol. The van der Waals surface area contributed by atoms with Crippen LogP contribution < -0.4 is 0 Å². The Balaban J connectivity index is 2.15. The second kappa shape index (κ2) is 4.14. The lowest BCUT2D eigenvalue weighted by atomic mass is 10.1. The molecule has 3 nitrogen and oxygen atoms in total. The number of likely N-dealkylation sites (tertiary alicyclic amines) is 1. The van der Waals surface area contributed by atoms with Crippen LogP contribution in [0.25, 0.3) is 0 Å². The van der Waals surface area contributed by atoms with E-state index in [2.05, 4.69) is 0 Å². The number of carbonyl (C=O) groups excluding carboxylic acids is 1. The van der Waals surface area contributed by atoms with Crippen molar-refractivity contribution >= 4 is 5.91 Å². The van der Waals surface area contributed by atoms with Gasteiger partial charge in [-0.05, 0) is 37.1 Å². The van der Waals surface area contributed by atoms with Crippen molar-refractivity contribution in [2.45, 2.75) is 12.8 Å². The SMILES string of the molecule is N#Cc1ccc(C(=O)N2CCCC2)cc1. The summed E-state index contributed by atoms with van der Waals surface area (Å²) in [5.41, 5.74) is 1.27. The highest BCUT2D eigenvalue weighted by Gasteiger charge is 2.18. The van der Waals surface area contributed by atoms with Crippen LogP contribution in [0.3, 0.4) is 0 Å². The van der Waals surface area contributed by atoms with E-state index in [9.17, 15) is 4.79 Å². The van der Waals surface area contributed by atoms with Crippen LogP contribution in [0.5, 0.6) is 0 Å². The monoisotopic (exact) mass is 200 g/mol. The molecular formula is C12H12N2O. The molecule has 3 heteroatoms. The zero-order chi connectivity index (χ0) is 10.7. The van der Waals surface area contributed by atoms with Gasteiger partial charge in [-0.1, -0.05) is 0 Å². The molecule has 1 saturated heterocycles. The van der Waals surface area contributed by atoms with Crippen molar-refractivity contribution in [1.29, 1.82) is 5.26 Å². The number of nitrogens with zero attached hydrogens (tertiary/aromatic N) is 2. The summed E-state index contributed by atoms with van der Waals surface area (Å²) >= 11 is 0. The van der Waals surface area contributed by atoms with E-state index in [1.165, 1.54) is 0 Å². The molecule has 0 saturated carbocycles. The molecule has 0 atom stereocenters. The molecule has 2 rings (SSSR count). The molecule has 0 spiro atoms. The predicted octanol–water partition coefficient (Wildman–Crippen LogP) is 1.79. The van der Waals surface area contributed by atoms with E-state index in [1.807, 2.05) is 11.0 Å². The van der Waals surface area contributed by atoms with E-state index in [0.717, 1.165) is 25.9 Å². The maximum Gasteiger partial charge on any atom is 0.253 e. The Morgan fingerprint density at radius 2 is 1.80 bits per heavy atom. The van der Waals surface area contributed by atoms with Crippen LogP contribution in [0.15, 0.2) is 24.3 Å². The highest BCUT2D eigenvalue weighted by atomic mass is 16.2. The highest BCUT2D eigenvalue weighted by Crippen LogP contribution is 2.13. The zero-order valence-electron chi connectivity index (χ0n) is 8.44. The Bertz CT molecular complexity index is 397. The van der Waals surface area contributed by atoms with Gasteiger partial charge in [0.15, 0.2) is 0 Å². The molecule has 1 aliphatic rings. The van der Waals surface area contributed by atoms with E-state index in [1.54, 1.807) is 24.3 Å². The summed E-state index contributed by atoms with van der Waals surface area (Å²) in [4.78, 5) is 13.8. The standard InChI is InChI=1S/C12H12N2O/c13-9-10-3-5-11(6-4-10)12(15)14-7-1-2-8-14/h3-6H,1-2,7-8H2. The quantitative estimate of drug-likeness (QED) is 0.693. The van der Waals surface area contributed by atoms with E-state index in [4.69, 9.17) is 5.26 Å². The fourth-order valence-corrected chi connectivity index (χ4v) is 1.79. The zero-order valence-corrected chi connectivity index (χ0v) is 8.44. The van der Waals surface area contributed by atoms with Crippen molar-refractivity contribution in [1.82, 2.24) is 4.90 Å². The van der Waals surface area contributed by atoms with Crippen LogP contribution >= 0.6 is 0 Å². The third-order valence-corrected chi connectivity index (χ3v) is 2.65. The van der Waals surface area contributed by atoms with Gasteiger partial charge in [-0.15, -0.1) is 0 Å². The molecule has 1 amide bonds. The first-order valence-electron chi connectivity index (χ1n) is 5.11. The summed E-state index contributed by atoms with van der Waals surface area (Å²) < 4.78 is 0. The Labute approximate surface area is 88.9 Å². The summed E-state index contributed by atoms with van der Waals surface area (Å²) in [5, 5.41) is 8.63. The number of rotatable bonds is 1. The lowest BCUT2D eigenvalue weighted by Crippen LogP contribution is -2.27. The Morgan fingerprint density at radius 1 is 1.20 bits per heavy atom. The lowest BCUT2D eigenvalue weighted by molar-refractivity contribution is 0.0793. The van der Waals surface area contributed by atoms with Gasteiger partial charge in [0.25, 0.3) is 5.91 Å². The molecule has 0 aromatic heterocycles. The van der Waals surface area contributed by atoms with Crippen LogP contribution in [0.2, 0.25) is 0 Å². The third-order valence-electron chi connectivity index (χ3n) is 2.65. The van der Waals surface area contributed by atoms with Gasteiger partial charge in [0.05, 0.1) is 11.6 Å². The minimum Gasteiger partial charge on any atom is -0.339 e. The van der Waals surface area contributed by atoms with Gasteiger partial charge in [0.2, 0.25) is 0 Å². The first-order valence-corrected chi connectivity index (χ1v) is 5.11. The van der Waals surface area contributed by atoms with Gasteiger partial charge < -0.3 is 4.90 Å². The van der Waals surface area contributed by atoms with Gasteiger partial charge in [-0.25, -0.2) is 0 Å². The van der Waals surface area contributed by atoms with Crippen molar-refractivity contribution in [3.8, 4) is 6.07 Å². The van der Waals surface area contributed by atoms with E-state index in [0.29, 0.717) is 11.1 Å². The average Bonchev–Trinajstić information content (AvgIpc) is 2.82. The summed E-state index contributed by atoms with van der Waals surface area (Å²) in [6.45, 7) is 1.72. The summed E-state index contributed by atoms with van der Waals surface area (Å²) in [6.07, 6.45) is 2.20. The molecule has 1 heterocycles. The molecule has 1 aromatic carbocycles. The smallest absolute Gasteiger partial charge is 0.253 e. The van der Waals surface area contributed by atoms with Gasteiger partial charge in [-0.2, -0.15) is 5.26 Å². The molecule has 0 radical (unpaired) electrons. The van der Waals surface area contributed by atoms with Crippen molar-refractivity contribution in [3.63, 3.8) is 0 Å². The maximum atomic E-state index is 11.9. The first kappa shape index (κ1) is 9.72. The normalized spacial score (nSPS) is 15.0. The number of carbonyl (C=O) groups is 1. The maximum absolute atomic E-state index is 11.9. The predicted molar refractivity (Wildman–Crippen MR) is 56.3 cm³/mol. The van der Waals surface area contributed by atoms with E-state index in [-0.39, 0.29) is 5.91 Å². The highest BCUT2D eigenvalue weighted by molar-refractivity contribution is 5.94. The second-order valence-electron chi connectivity index (χ2n) is 3.69. The molecule has 1 fully saturated rings. The summed E-state index contributed by atoms with van der Waals surface area (Å²) in [6, 6.07) is 8.85. The first-order chi connectivity index (χ1) is 7.31. The largest absolute Gasteiger partial charge is 0.339 e. The number of amides is 1. The van der Waals surface area contributed by atoms with Crippen molar-refractivity contribution in [2.24, 2.45) is 0 Å². The van der Waals surface area contributed by atoms with Crippen molar-refractivity contribution < 1.29 is 4.79 Å². The second-order valence-corrected chi connectivity index (χ2v) is 3.69. The Kier molecular flexibility index (Phi) is 2.68. The van der Waals surface area contributed by atoms with Crippen molar-refractivity contribution in [2.75, 3.05) is 13.1 Å². The summed E-state index contributed by atoms with van der Waals surface area (Å²) in [7, 11) is 0. The Hall–Kier alpha value is -1.82. The molecule has 0 aliphatic carbocycles. The van der Waals surface area contributed by atoms with Crippen molar-refractivity contribution in [3.05, 3.63) is 35.4 Å². The molecule has 1 aliphatic heterocycles. The molecule has 0 N–H and O–H groups in total. The van der Waals surface area contributed by atoms with E-state index >= 15 is 0 Å². The molecule has 15 heavy (non-hydrogen) atoms. The molecule has 76 valence electrons. The minimum absolute atomic E-state index is 0.0805. The van der Waals surface area contributed by atoms with Crippen LogP contribution in [0.4, 0.5) is 0 Å². The number of hydrogen-bond donors (Lipinski definition) is 0. The Morgan fingerprint density at radius 3 is 2.33 bits per heavy atom. The number of benzene rings is 1. The fraction of sp³-hybridized carbons (Fsp3) is 0.333. The minimum atomic E-state index is 0.0805. The third kappa shape index (κ3) is 1.99. The van der Waals surface area contributed by atoms with Crippen LogP contribution in [-0.4, -0.2) is 23.9 Å². The van der Waals surface area contributed by atoms with Gasteiger partial charge in [0, 0.05) is 18.7 Å². The summed E-state index contributed by atoms with van der Waals surface area (Å²) in [5.74, 6) is 0.0805. The number of hydrogen-bond acceptors (Lipinski definition) is 2. The fourth-order valence-electron chi connectivity index (χ4n) is 1.79. The molecule has 1 aromatic rings. The van der Waals surface area contributed by atoms with Crippen LogP contribution in [-0.2, 0) is 0 Å². The van der Waals surface area contributed by atoms with Crippen LogP contribution in [0.1, 0.15) is 28.8 Å². The van der Waals surface area contributed by atoms with Gasteiger partial charge >= 0.3 is 0 Å². The van der Waals surface area contributed by atoms with Crippen LogP contribution in [0, 0.1) is 11.3 Å². The molecule has 0 bridgehead atoms. The van der Waals surface area contributed by atoms with Gasteiger partial charge in [-0.3, -0.25) is 4.79 Å². The van der Waals surface area contributed by atoms with Gasteiger partial charge in [0.1, 0.15) is 0 Å².